The number of aliphatic imine (C=N–C) groups is 1. The highest BCUT2D eigenvalue weighted by molar-refractivity contribution is 14.0. The number of benzene rings is 1. The molecule has 1 saturated heterocycles. The number of nitrogens with zero attached hydrogens (tertiary/aromatic N) is 5. The second kappa shape index (κ2) is 13.7. The van der Waals surface area contributed by atoms with Gasteiger partial charge in [0.25, 0.3) is 0 Å². The highest BCUT2D eigenvalue weighted by Gasteiger charge is 2.20. The minimum absolute atomic E-state index is 0. The van der Waals surface area contributed by atoms with E-state index in [9.17, 15) is 4.39 Å². The number of likely N-dealkylation sites (tertiary alicyclic amines) is 1. The fraction of sp³-hybridized carbons (Fsp3) is 0.609. The molecule has 184 valence electrons. The lowest BCUT2D eigenvalue weighted by atomic mass is 10.0. The normalized spacial score (nSPS) is 15.2. The Morgan fingerprint density at radius 1 is 1.27 bits per heavy atom. The number of hydrogen-bond acceptors (Lipinski definition) is 5. The number of aryl methyl sites for hydroxylation is 1. The Bertz CT molecular complexity index is 897. The van der Waals surface area contributed by atoms with E-state index in [2.05, 4.69) is 32.7 Å². The zero-order valence-corrected chi connectivity index (χ0v) is 22.4. The molecule has 0 bridgehead atoms. The van der Waals surface area contributed by atoms with Crippen molar-refractivity contribution >= 4 is 29.9 Å². The monoisotopic (exact) mass is 573 g/mol. The lowest BCUT2D eigenvalue weighted by molar-refractivity contribution is 0.198. The molecule has 0 spiro atoms. The van der Waals surface area contributed by atoms with Crippen LogP contribution in [0.15, 0.2) is 23.2 Å². The summed E-state index contributed by atoms with van der Waals surface area (Å²) in [5.74, 6) is 2.54. The van der Waals surface area contributed by atoms with Crippen molar-refractivity contribution in [2.24, 2.45) is 12.0 Å². The Kier molecular flexibility index (Phi) is 11.3. The van der Waals surface area contributed by atoms with Gasteiger partial charge in [0, 0.05) is 39.3 Å². The Morgan fingerprint density at radius 2 is 2.03 bits per heavy atom. The van der Waals surface area contributed by atoms with E-state index in [-0.39, 0.29) is 35.5 Å². The highest BCUT2D eigenvalue weighted by atomic mass is 127. The van der Waals surface area contributed by atoms with Gasteiger partial charge in [-0.2, -0.15) is 0 Å². The van der Waals surface area contributed by atoms with Gasteiger partial charge in [0.05, 0.1) is 7.11 Å². The summed E-state index contributed by atoms with van der Waals surface area (Å²) in [5.41, 5.74) is 0.970. The molecular formula is C23H37FIN7O. The minimum atomic E-state index is -0.307. The van der Waals surface area contributed by atoms with Gasteiger partial charge in [-0.3, -0.25) is 4.90 Å². The first kappa shape index (κ1) is 27.3. The van der Waals surface area contributed by atoms with Gasteiger partial charge in [0.1, 0.15) is 12.4 Å². The lowest BCUT2D eigenvalue weighted by Crippen LogP contribution is -2.48. The molecule has 2 heterocycles. The Morgan fingerprint density at radius 3 is 2.64 bits per heavy atom. The molecule has 0 unspecified atom stereocenters. The SMILES string of the molecule is CCCCNC(=NCc1nnc(C)n1C)NC1CCN(Cc2ccc(OC)c(F)c2)CC1.I. The topological polar surface area (TPSA) is 79.6 Å². The summed E-state index contributed by atoms with van der Waals surface area (Å²) in [4.78, 5) is 7.11. The third-order valence-corrected chi connectivity index (χ3v) is 5.93. The molecule has 3 rings (SSSR count). The molecule has 2 N–H and O–H groups in total. The molecule has 0 amide bonds. The average Bonchev–Trinajstić information content (AvgIpc) is 3.11. The minimum Gasteiger partial charge on any atom is -0.494 e. The first-order valence-corrected chi connectivity index (χ1v) is 11.4. The van der Waals surface area contributed by atoms with Crippen molar-refractivity contribution in [3.63, 3.8) is 0 Å². The quantitative estimate of drug-likeness (QED) is 0.207. The van der Waals surface area contributed by atoms with Crippen LogP contribution in [0.5, 0.6) is 5.75 Å². The Balaban J connectivity index is 0.00000385. The second-order valence-electron chi connectivity index (χ2n) is 8.33. The third-order valence-electron chi connectivity index (χ3n) is 5.93. The summed E-state index contributed by atoms with van der Waals surface area (Å²) < 4.78 is 21.0. The third kappa shape index (κ3) is 8.09. The predicted molar refractivity (Wildman–Crippen MR) is 140 cm³/mol. The first-order chi connectivity index (χ1) is 15.5. The molecule has 0 aliphatic carbocycles. The largest absolute Gasteiger partial charge is 0.494 e. The summed E-state index contributed by atoms with van der Waals surface area (Å²) in [6.07, 6.45) is 4.25. The average molecular weight is 573 g/mol. The molecular weight excluding hydrogens is 536 g/mol. The van der Waals surface area contributed by atoms with Gasteiger partial charge in [0.2, 0.25) is 0 Å². The molecule has 1 aromatic heterocycles. The van der Waals surface area contributed by atoms with E-state index in [0.717, 1.165) is 75.0 Å². The van der Waals surface area contributed by atoms with Gasteiger partial charge >= 0.3 is 0 Å². The number of nitrogens with one attached hydrogen (secondary N) is 2. The molecule has 8 nitrogen and oxygen atoms in total. The van der Waals surface area contributed by atoms with Crippen molar-refractivity contribution in [2.75, 3.05) is 26.7 Å². The lowest BCUT2D eigenvalue weighted by Gasteiger charge is -2.33. The van der Waals surface area contributed by atoms with Crippen molar-refractivity contribution < 1.29 is 9.13 Å². The number of ether oxygens (including phenoxy) is 1. The van der Waals surface area contributed by atoms with Crippen LogP contribution >= 0.6 is 24.0 Å². The van der Waals surface area contributed by atoms with Crippen LogP contribution in [0.2, 0.25) is 0 Å². The van der Waals surface area contributed by atoms with Crippen LogP contribution in [0.1, 0.15) is 49.8 Å². The second-order valence-corrected chi connectivity index (χ2v) is 8.33. The summed E-state index contributed by atoms with van der Waals surface area (Å²) in [7, 11) is 3.45. The number of halogens is 2. The molecule has 33 heavy (non-hydrogen) atoms. The number of piperidine rings is 1. The Hall–Kier alpha value is -1.95. The zero-order valence-electron chi connectivity index (χ0n) is 20.1. The number of aromatic nitrogens is 3. The standard InChI is InChI=1S/C23H36FN7O.HI/c1-5-6-11-25-23(26-15-22-29-28-17(2)30(22)3)27-19-9-12-31(13-10-19)16-18-7-8-21(32-4)20(24)14-18;/h7-8,14,19H,5-6,9-13,15-16H2,1-4H3,(H2,25,26,27);1H. The van der Waals surface area contributed by atoms with Gasteiger partial charge in [0.15, 0.2) is 23.4 Å². The summed E-state index contributed by atoms with van der Waals surface area (Å²) in [6, 6.07) is 5.55. The Labute approximate surface area is 213 Å². The van der Waals surface area contributed by atoms with Crippen LogP contribution in [-0.2, 0) is 20.1 Å². The van der Waals surface area contributed by atoms with E-state index in [1.54, 1.807) is 12.1 Å². The van der Waals surface area contributed by atoms with Crippen molar-refractivity contribution in [2.45, 2.75) is 58.7 Å². The van der Waals surface area contributed by atoms with E-state index >= 15 is 0 Å². The van der Waals surface area contributed by atoms with E-state index < -0.39 is 0 Å². The molecule has 0 atom stereocenters. The van der Waals surface area contributed by atoms with Gasteiger partial charge in [-0.15, -0.1) is 34.2 Å². The summed E-state index contributed by atoms with van der Waals surface area (Å²) in [5, 5.41) is 15.4. The zero-order chi connectivity index (χ0) is 22.9. The first-order valence-electron chi connectivity index (χ1n) is 11.4. The predicted octanol–water partition coefficient (Wildman–Crippen LogP) is 3.39. The summed E-state index contributed by atoms with van der Waals surface area (Å²) in [6.45, 7) is 8.15. The van der Waals surface area contributed by atoms with Crippen molar-refractivity contribution in [3.05, 3.63) is 41.2 Å². The summed E-state index contributed by atoms with van der Waals surface area (Å²) >= 11 is 0. The van der Waals surface area contributed by atoms with Gasteiger partial charge < -0.3 is 19.9 Å². The van der Waals surface area contributed by atoms with Crippen molar-refractivity contribution in [3.8, 4) is 5.75 Å². The molecule has 10 heteroatoms. The van der Waals surface area contributed by atoms with E-state index in [1.165, 1.54) is 7.11 Å². The molecule has 0 radical (unpaired) electrons. The molecule has 1 aliphatic rings. The van der Waals surface area contributed by atoms with Crippen molar-refractivity contribution in [1.82, 2.24) is 30.3 Å². The van der Waals surface area contributed by atoms with Crippen LogP contribution in [0.4, 0.5) is 4.39 Å². The van der Waals surface area contributed by atoms with Gasteiger partial charge in [-0.05, 0) is 43.9 Å². The molecule has 1 aromatic carbocycles. The fourth-order valence-corrected chi connectivity index (χ4v) is 3.77. The van der Waals surface area contributed by atoms with Crippen LogP contribution in [0.25, 0.3) is 0 Å². The maximum absolute atomic E-state index is 14.0. The highest BCUT2D eigenvalue weighted by Crippen LogP contribution is 2.20. The van der Waals surface area contributed by atoms with Gasteiger partial charge in [-0.25, -0.2) is 9.38 Å². The van der Waals surface area contributed by atoms with Crippen molar-refractivity contribution in [1.29, 1.82) is 0 Å². The van der Waals surface area contributed by atoms with Gasteiger partial charge in [-0.1, -0.05) is 19.4 Å². The van der Waals surface area contributed by atoms with Crippen LogP contribution < -0.4 is 15.4 Å². The number of methoxy groups -OCH3 is 1. The van der Waals surface area contributed by atoms with Crippen LogP contribution in [0.3, 0.4) is 0 Å². The number of unbranched alkanes of at least 4 members (excludes halogenated alkanes) is 1. The van der Waals surface area contributed by atoms with Crippen LogP contribution in [0, 0.1) is 12.7 Å². The maximum atomic E-state index is 14.0. The number of hydrogen-bond donors (Lipinski definition) is 2. The molecule has 2 aromatic rings. The maximum Gasteiger partial charge on any atom is 0.191 e. The number of rotatable bonds is 9. The molecule has 1 fully saturated rings. The molecule has 0 saturated carbocycles. The van der Waals surface area contributed by atoms with Crippen LogP contribution in [-0.4, -0.2) is 58.4 Å². The van der Waals surface area contributed by atoms with E-state index in [0.29, 0.717) is 12.6 Å². The number of guanidine groups is 1. The van der Waals surface area contributed by atoms with E-state index in [1.807, 2.05) is 24.6 Å². The van der Waals surface area contributed by atoms with E-state index in [4.69, 9.17) is 9.73 Å². The smallest absolute Gasteiger partial charge is 0.191 e. The fourth-order valence-electron chi connectivity index (χ4n) is 3.77. The molecule has 1 aliphatic heterocycles.